The van der Waals surface area contributed by atoms with Crippen molar-refractivity contribution in [3.8, 4) is 11.5 Å². The highest BCUT2D eigenvalue weighted by Crippen LogP contribution is 2.33. The molecule has 0 saturated carbocycles. The van der Waals surface area contributed by atoms with Crippen molar-refractivity contribution in [1.82, 2.24) is 15.4 Å². The molecule has 2 heterocycles. The van der Waals surface area contributed by atoms with E-state index in [9.17, 15) is 0 Å². The Kier molecular flexibility index (Phi) is 4.95. The van der Waals surface area contributed by atoms with E-state index >= 15 is 0 Å². The van der Waals surface area contributed by atoms with Gasteiger partial charge in [-0.1, -0.05) is 0 Å². The molecule has 0 bridgehead atoms. The SMILES string of the molecule is COc1cc2nccc(CN3CCC(NO)CC3)c2cc1OC. The molecular formula is C17H23N3O3. The lowest BCUT2D eigenvalue weighted by atomic mass is 10.0. The summed E-state index contributed by atoms with van der Waals surface area (Å²) in [5.41, 5.74) is 4.52. The van der Waals surface area contributed by atoms with Crippen LogP contribution in [0.25, 0.3) is 10.9 Å². The van der Waals surface area contributed by atoms with Gasteiger partial charge in [0.15, 0.2) is 11.5 Å². The number of benzene rings is 1. The predicted molar refractivity (Wildman–Crippen MR) is 88.1 cm³/mol. The number of rotatable bonds is 5. The first-order valence-corrected chi connectivity index (χ1v) is 7.86. The molecule has 6 heteroatoms. The second-order valence-corrected chi connectivity index (χ2v) is 5.87. The Morgan fingerprint density at radius 2 is 1.91 bits per heavy atom. The normalized spacial score (nSPS) is 16.7. The molecule has 2 N–H and O–H groups in total. The maximum Gasteiger partial charge on any atom is 0.162 e. The van der Waals surface area contributed by atoms with E-state index in [1.54, 1.807) is 14.2 Å². The molecule has 1 aliphatic rings. The average molecular weight is 317 g/mol. The summed E-state index contributed by atoms with van der Waals surface area (Å²) in [6.45, 7) is 2.80. The standard InChI is InChI=1S/C17H23N3O3/c1-22-16-9-14-12(3-6-18-15(14)10-17(16)23-2)11-20-7-4-13(19-21)5-8-20/h3,6,9-10,13,19,21H,4-5,7-8,11H2,1-2H3. The summed E-state index contributed by atoms with van der Waals surface area (Å²) in [4.78, 5) is 6.85. The van der Waals surface area contributed by atoms with Crippen molar-refractivity contribution in [2.24, 2.45) is 0 Å². The van der Waals surface area contributed by atoms with Gasteiger partial charge in [0.2, 0.25) is 0 Å². The van der Waals surface area contributed by atoms with Gasteiger partial charge in [-0.3, -0.25) is 9.88 Å². The molecule has 1 saturated heterocycles. The molecule has 0 atom stereocenters. The van der Waals surface area contributed by atoms with E-state index in [2.05, 4.69) is 21.4 Å². The van der Waals surface area contributed by atoms with Crippen LogP contribution in [-0.4, -0.2) is 48.4 Å². The molecule has 2 aromatic rings. The van der Waals surface area contributed by atoms with Gasteiger partial charge in [0.1, 0.15) is 0 Å². The highest BCUT2D eigenvalue weighted by molar-refractivity contribution is 5.85. The zero-order valence-electron chi connectivity index (χ0n) is 13.6. The number of pyridine rings is 1. The number of hydrogen-bond acceptors (Lipinski definition) is 6. The molecule has 3 rings (SSSR count). The molecule has 0 aliphatic carbocycles. The molecule has 1 aromatic carbocycles. The van der Waals surface area contributed by atoms with E-state index in [1.165, 1.54) is 5.56 Å². The van der Waals surface area contributed by atoms with Crippen molar-refractivity contribution < 1.29 is 14.7 Å². The monoisotopic (exact) mass is 317 g/mol. The Balaban J connectivity index is 1.86. The zero-order valence-corrected chi connectivity index (χ0v) is 13.6. The summed E-state index contributed by atoms with van der Waals surface area (Å²) in [6, 6.07) is 6.19. The molecule has 0 radical (unpaired) electrons. The van der Waals surface area contributed by atoms with Crippen molar-refractivity contribution in [2.45, 2.75) is 25.4 Å². The fourth-order valence-corrected chi connectivity index (χ4v) is 3.13. The topological polar surface area (TPSA) is 66.9 Å². The van der Waals surface area contributed by atoms with Gasteiger partial charge in [-0.25, -0.2) is 5.48 Å². The first-order chi connectivity index (χ1) is 11.2. The minimum absolute atomic E-state index is 0.213. The van der Waals surface area contributed by atoms with Gasteiger partial charge in [0, 0.05) is 43.3 Å². The van der Waals surface area contributed by atoms with Crippen molar-refractivity contribution in [2.75, 3.05) is 27.3 Å². The molecule has 1 aromatic heterocycles. The number of methoxy groups -OCH3 is 2. The van der Waals surface area contributed by atoms with Crippen molar-refractivity contribution in [3.63, 3.8) is 0 Å². The van der Waals surface area contributed by atoms with Crippen LogP contribution in [0.5, 0.6) is 11.5 Å². The van der Waals surface area contributed by atoms with Gasteiger partial charge in [0.25, 0.3) is 0 Å². The van der Waals surface area contributed by atoms with Gasteiger partial charge in [-0.15, -0.1) is 0 Å². The summed E-state index contributed by atoms with van der Waals surface area (Å²) in [7, 11) is 3.28. The van der Waals surface area contributed by atoms with Crippen molar-refractivity contribution in [3.05, 3.63) is 30.0 Å². The minimum atomic E-state index is 0.213. The molecule has 0 unspecified atom stereocenters. The van der Waals surface area contributed by atoms with Crippen LogP contribution in [0.2, 0.25) is 0 Å². The van der Waals surface area contributed by atoms with Crippen LogP contribution < -0.4 is 15.0 Å². The van der Waals surface area contributed by atoms with Gasteiger partial charge in [0.05, 0.1) is 19.7 Å². The van der Waals surface area contributed by atoms with Crippen molar-refractivity contribution in [1.29, 1.82) is 0 Å². The van der Waals surface area contributed by atoms with Gasteiger partial charge >= 0.3 is 0 Å². The molecule has 1 aliphatic heterocycles. The molecule has 124 valence electrons. The molecule has 6 nitrogen and oxygen atoms in total. The van der Waals surface area contributed by atoms with E-state index < -0.39 is 0 Å². The Morgan fingerprint density at radius 3 is 2.57 bits per heavy atom. The van der Waals surface area contributed by atoms with Gasteiger partial charge in [-0.05, 0) is 30.5 Å². The predicted octanol–water partition coefficient (Wildman–Crippen LogP) is 2.20. The lowest BCUT2D eigenvalue weighted by Crippen LogP contribution is -2.40. The van der Waals surface area contributed by atoms with Gasteiger partial charge in [-0.2, -0.15) is 0 Å². The maximum absolute atomic E-state index is 9.01. The number of ether oxygens (including phenoxy) is 2. The highest BCUT2D eigenvalue weighted by Gasteiger charge is 2.19. The second kappa shape index (κ2) is 7.12. The Morgan fingerprint density at radius 1 is 1.22 bits per heavy atom. The number of hydroxylamine groups is 1. The number of nitrogens with one attached hydrogen (secondary N) is 1. The quantitative estimate of drug-likeness (QED) is 0.824. The van der Waals surface area contributed by atoms with Crippen LogP contribution in [0.15, 0.2) is 24.4 Å². The van der Waals surface area contributed by atoms with E-state index in [4.69, 9.17) is 14.7 Å². The van der Waals surface area contributed by atoms with Crippen LogP contribution in [0.1, 0.15) is 18.4 Å². The number of likely N-dealkylation sites (tertiary alicyclic amines) is 1. The van der Waals surface area contributed by atoms with E-state index in [1.807, 2.05) is 18.3 Å². The maximum atomic E-state index is 9.01. The lowest BCUT2D eigenvalue weighted by Gasteiger charge is -2.31. The summed E-state index contributed by atoms with van der Waals surface area (Å²) >= 11 is 0. The first kappa shape index (κ1) is 16.0. The Hall–Kier alpha value is -1.89. The molecule has 1 fully saturated rings. The average Bonchev–Trinajstić information content (AvgIpc) is 2.61. The van der Waals surface area contributed by atoms with Crippen LogP contribution in [0, 0.1) is 0 Å². The third-order valence-corrected chi connectivity index (χ3v) is 4.50. The second-order valence-electron chi connectivity index (χ2n) is 5.87. The Labute approximate surface area is 136 Å². The van der Waals surface area contributed by atoms with Crippen LogP contribution in [-0.2, 0) is 6.54 Å². The molecule has 0 spiro atoms. The molecule has 0 amide bonds. The number of fused-ring (bicyclic) bond motifs is 1. The van der Waals surface area contributed by atoms with Crippen LogP contribution in [0.3, 0.4) is 0 Å². The summed E-state index contributed by atoms with van der Waals surface area (Å²) < 4.78 is 10.8. The molecular weight excluding hydrogens is 294 g/mol. The summed E-state index contributed by atoms with van der Waals surface area (Å²) in [5.74, 6) is 1.41. The van der Waals surface area contributed by atoms with E-state index in [0.29, 0.717) is 5.75 Å². The fraction of sp³-hybridized carbons (Fsp3) is 0.471. The van der Waals surface area contributed by atoms with Crippen molar-refractivity contribution >= 4 is 10.9 Å². The first-order valence-electron chi connectivity index (χ1n) is 7.86. The number of nitrogens with zero attached hydrogens (tertiary/aromatic N) is 2. The van der Waals surface area contributed by atoms with Gasteiger partial charge < -0.3 is 14.7 Å². The largest absolute Gasteiger partial charge is 0.493 e. The summed E-state index contributed by atoms with van der Waals surface area (Å²) in [5, 5.41) is 10.1. The lowest BCUT2D eigenvalue weighted by molar-refractivity contribution is 0.0807. The number of hydrogen-bond donors (Lipinski definition) is 2. The van der Waals surface area contributed by atoms with E-state index in [-0.39, 0.29) is 6.04 Å². The number of aromatic nitrogens is 1. The smallest absolute Gasteiger partial charge is 0.162 e. The third kappa shape index (κ3) is 3.39. The fourth-order valence-electron chi connectivity index (χ4n) is 3.13. The molecule has 23 heavy (non-hydrogen) atoms. The third-order valence-electron chi connectivity index (χ3n) is 4.50. The number of piperidine rings is 1. The van der Waals surface area contributed by atoms with E-state index in [0.717, 1.165) is 49.1 Å². The Bertz CT molecular complexity index is 669. The van der Waals surface area contributed by atoms with Crippen LogP contribution in [0.4, 0.5) is 0 Å². The zero-order chi connectivity index (χ0) is 16.2. The highest BCUT2D eigenvalue weighted by atomic mass is 16.5. The summed E-state index contributed by atoms with van der Waals surface area (Å²) in [6.07, 6.45) is 3.75. The van der Waals surface area contributed by atoms with Crippen LogP contribution >= 0.6 is 0 Å². The minimum Gasteiger partial charge on any atom is -0.493 e.